The van der Waals surface area contributed by atoms with Crippen molar-refractivity contribution in [3.63, 3.8) is 0 Å². The second-order valence-corrected chi connectivity index (χ2v) is 4.88. The number of allylic oxidation sites excluding steroid dienone is 2. The van der Waals surface area contributed by atoms with Gasteiger partial charge in [0.1, 0.15) is 0 Å². The molecule has 1 aliphatic heterocycles. The number of aryl methyl sites for hydroxylation is 1. The van der Waals surface area contributed by atoms with Gasteiger partial charge in [-0.15, -0.1) is 6.58 Å². The summed E-state index contributed by atoms with van der Waals surface area (Å²) in [5.41, 5.74) is 4.52. The minimum Gasteiger partial charge on any atom is -0.341 e. The summed E-state index contributed by atoms with van der Waals surface area (Å²) in [5, 5.41) is 0. The van der Waals surface area contributed by atoms with Gasteiger partial charge in [0, 0.05) is 17.4 Å². The van der Waals surface area contributed by atoms with E-state index in [0.29, 0.717) is 6.04 Å². The Morgan fingerprint density at radius 1 is 1.53 bits per heavy atom. The van der Waals surface area contributed by atoms with E-state index in [1.165, 1.54) is 31.4 Å². The molecular formula is C16H23N. The summed E-state index contributed by atoms with van der Waals surface area (Å²) in [5.74, 6) is 0. The topological polar surface area (TPSA) is 4.93 Å². The van der Waals surface area contributed by atoms with E-state index >= 15 is 0 Å². The smallest absolute Gasteiger partial charge is 0.0411 e. The van der Waals surface area contributed by atoms with Gasteiger partial charge in [0.2, 0.25) is 0 Å². The maximum Gasteiger partial charge on any atom is 0.0411 e. The van der Waals surface area contributed by atoms with E-state index in [1.807, 2.05) is 0 Å². The van der Waals surface area contributed by atoms with Crippen LogP contribution in [0.4, 0.5) is 0 Å². The molecule has 0 aromatic carbocycles. The zero-order chi connectivity index (χ0) is 12.3. The van der Waals surface area contributed by atoms with Gasteiger partial charge in [-0.3, -0.25) is 0 Å². The maximum absolute atomic E-state index is 3.88. The monoisotopic (exact) mass is 229 g/mol. The van der Waals surface area contributed by atoms with E-state index in [2.05, 4.69) is 49.3 Å². The molecule has 1 heteroatoms. The molecule has 2 heterocycles. The number of hydrogen-bond donors (Lipinski definition) is 0. The lowest BCUT2D eigenvalue weighted by Gasteiger charge is -2.13. The highest BCUT2D eigenvalue weighted by atomic mass is 15.1. The molecule has 1 aliphatic rings. The summed E-state index contributed by atoms with van der Waals surface area (Å²) < 4.78 is 2.55. The number of nitrogens with zero attached hydrogens (tertiary/aromatic N) is 1. The van der Waals surface area contributed by atoms with Crippen LogP contribution in [0.5, 0.6) is 0 Å². The van der Waals surface area contributed by atoms with Crippen LogP contribution in [0.2, 0.25) is 0 Å². The van der Waals surface area contributed by atoms with E-state index in [9.17, 15) is 0 Å². The molecule has 0 radical (unpaired) electrons. The molecule has 0 unspecified atom stereocenters. The minimum atomic E-state index is 0.638. The van der Waals surface area contributed by atoms with Gasteiger partial charge >= 0.3 is 0 Å². The van der Waals surface area contributed by atoms with Crippen LogP contribution < -0.4 is 0 Å². The van der Waals surface area contributed by atoms with Gasteiger partial charge in [-0.25, -0.2) is 0 Å². The van der Waals surface area contributed by atoms with E-state index in [1.54, 1.807) is 11.3 Å². The van der Waals surface area contributed by atoms with Crippen molar-refractivity contribution in [3.8, 4) is 0 Å². The molecule has 0 aliphatic carbocycles. The Hall–Kier alpha value is -1.24. The molecule has 0 N–H and O–H groups in total. The molecule has 0 saturated carbocycles. The quantitative estimate of drug-likeness (QED) is 0.653. The molecule has 1 nitrogen and oxygen atoms in total. The molecule has 1 aromatic heterocycles. The van der Waals surface area contributed by atoms with Crippen LogP contribution in [-0.4, -0.2) is 4.57 Å². The third kappa shape index (κ3) is 2.24. The van der Waals surface area contributed by atoms with Crippen LogP contribution in [-0.2, 0) is 12.8 Å². The van der Waals surface area contributed by atoms with Crippen LogP contribution in [0.25, 0.3) is 6.08 Å². The Kier molecular flexibility index (Phi) is 3.88. The summed E-state index contributed by atoms with van der Waals surface area (Å²) in [7, 11) is 0. The fraction of sp³-hybridized carbons (Fsp3) is 0.500. The van der Waals surface area contributed by atoms with E-state index in [4.69, 9.17) is 0 Å². The van der Waals surface area contributed by atoms with Gasteiger partial charge in [0.05, 0.1) is 0 Å². The lowest BCUT2D eigenvalue weighted by Crippen LogP contribution is -2.04. The van der Waals surface area contributed by atoms with Crippen LogP contribution in [0.15, 0.2) is 24.8 Å². The van der Waals surface area contributed by atoms with Crippen molar-refractivity contribution in [1.82, 2.24) is 4.57 Å². The Labute approximate surface area is 105 Å². The van der Waals surface area contributed by atoms with Crippen molar-refractivity contribution in [1.29, 1.82) is 0 Å². The summed E-state index contributed by atoms with van der Waals surface area (Å²) in [6.45, 7) is 8.24. The lowest BCUT2D eigenvalue weighted by atomic mass is 10.1. The highest BCUT2D eigenvalue weighted by Gasteiger charge is 2.25. The predicted molar refractivity (Wildman–Crippen MR) is 75.3 cm³/mol. The number of aromatic nitrogens is 1. The Bertz CT molecular complexity index is 423. The number of hydrogen-bond acceptors (Lipinski definition) is 0. The summed E-state index contributed by atoms with van der Waals surface area (Å²) >= 11 is 0. The molecule has 0 spiro atoms. The lowest BCUT2D eigenvalue weighted by molar-refractivity contribution is 0.533. The molecule has 0 bridgehead atoms. The third-order valence-corrected chi connectivity index (χ3v) is 3.64. The van der Waals surface area contributed by atoms with Crippen LogP contribution in [0.3, 0.4) is 0 Å². The second kappa shape index (κ2) is 5.39. The van der Waals surface area contributed by atoms with Gasteiger partial charge in [-0.2, -0.15) is 0 Å². The van der Waals surface area contributed by atoms with Crippen LogP contribution >= 0.6 is 0 Å². The highest BCUT2D eigenvalue weighted by Crippen LogP contribution is 2.35. The molecule has 1 aromatic rings. The predicted octanol–water partition coefficient (Wildman–Crippen LogP) is 4.54. The van der Waals surface area contributed by atoms with Crippen LogP contribution in [0.1, 0.15) is 56.1 Å². The zero-order valence-electron chi connectivity index (χ0n) is 11.1. The summed E-state index contributed by atoms with van der Waals surface area (Å²) in [4.78, 5) is 0. The summed E-state index contributed by atoms with van der Waals surface area (Å²) in [6, 6.07) is 3.02. The second-order valence-electron chi connectivity index (χ2n) is 4.88. The first-order valence-corrected chi connectivity index (χ1v) is 6.78. The molecular weight excluding hydrogens is 206 g/mol. The van der Waals surface area contributed by atoms with Crippen molar-refractivity contribution in [3.05, 3.63) is 41.7 Å². The number of rotatable bonds is 5. The van der Waals surface area contributed by atoms with Gasteiger partial charge in [0.15, 0.2) is 0 Å². The molecule has 92 valence electrons. The van der Waals surface area contributed by atoms with Crippen molar-refractivity contribution in [2.45, 2.75) is 52.0 Å². The fourth-order valence-electron chi connectivity index (χ4n) is 2.99. The van der Waals surface area contributed by atoms with Crippen molar-refractivity contribution in [2.24, 2.45) is 0 Å². The normalized spacial score (nSPS) is 18.8. The largest absolute Gasteiger partial charge is 0.341 e. The Balaban J connectivity index is 2.40. The highest BCUT2D eigenvalue weighted by molar-refractivity contribution is 5.50. The van der Waals surface area contributed by atoms with Gasteiger partial charge in [-0.1, -0.05) is 25.5 Å². The summed E-state index contributed by atoms with van der Waals surface area (Å²) in [6.07, 6.45) is 12.5. The van der Waals surface area contributed by atoms with Gasteiger partial charge < -0.3 is 4.57 Å². The van der Waals surface area contributed by atoms with E-state index in [-0.39, 0.29) is 0 Å². The average molecular weight is 229 g/mol. The number of fused-ring (bicyclic) bond motifs is 1. The maximum atomic E-state index is 3.88. The molecule has 17 heavy (non-hydrogen) atoms. The standard InChI is InChI=1S/C16H23N/c1-4-7-13-12-15(9-6-3)17-14(8-5-2)10-11-16(13)17/h5-6,9,12,14H,2,4,7-8,10-11H2,1,3H3/b9-6+/t14-/m1/s1. The molecule has 0 fully saturated rings. The van der Waals surface area contributed by atoms with E-state index < -0.39 is 0 Å². The SMILES string of the molecule is C=CC[C@@H]1CCc2c(CCC)cc(/C=C/C)n21. The van der Waals surface area contributed by atoms with Gasteiger partial charge in [-0.05, 0) is 50.3 Å². The van der Waals surface area contributed by atoms with Crippen LogP contribution in [0, 0.1) is 0 Å². The average Bonchev–Trinajstić information content (AvgIpc) is 2.85. The first-order chi connectivity index (χ1) is 8.31. The molecule has 1 atom stereocenters. The molecule has 0 saturated heterocycles. The Morgan fingerprint density at radius 3 is 3.00 bits per heavy atom. The molecule has 2 rings (SSSR count). The van der Waals surface area contributed by atoms with E-state index in [0.717, 1.165) is 6.42 Å². The van der Waals surface area contributed by atoms with Gasteiger partial charge in [0.25, 0.3) is 0 Å². The van der Waals surface area contributed by atoms with Crippen molar-refractivity contribution in [2.75, 3.05) is 0 Å². The zero-order valence-corrected chi connectivity index (χ0v) is 11.1. The molecule has 0 amide bonds. The Morgan fingerprint density at radius 2 is 2.35 bits per heavy atom. The van der Waals surface area contributed by atoms with Crippen molar-refractivity contribution >= 4 is 6.08 Å². The fourth-order valence-corrected chi connectivity index (χ4v) is 2.99. The minimum absolute atomic E-state index is 0.638. The first-order valence-electron chi connectivity index (χ1n) is 6.78. The first kappa shape index (κ1) is 12.2. The van der Waals surface area contributed by atoms with Crippen molar-refractivity contribution < 1.29 is 0 Å². The third-order valence-electron chi connectivity index (χ3n) is 3.64.